The second-order valence-corrected chi connectivity index (χ2v) is 4.98. The summed E-state index contributed by atoms with van der Waals surface area (Å²) in [7, 11) is 0. The third-order valence-corrected chi connectivity index (χ3v) is 3.29. The van der Waals surface area contributed by atoms with Crippen molar-refractivity contribution in [1.29, 1.82) is 0 Å². The summed E-state index contributed by atoms with van der Waals surface area (Å²) in [6.45, 7) is 5.02. The molecule has 0 bridgehead atoms. The Labute approximate surface area is 115 Å². The largest absolute Gasteiger partial charge is 0.355 e. The third-order valence-electron chi connectivity index (χ3n) is 2.56. The molecule has 1 atom stereocenters. The predicted octanol–water partition coefficient (Wildman–Crippen LogP) is 2.59. The van der Waals surface area contributed by atoms with E-state index in [1.807, 2.05) is 13.8 Å². The van der Waals surface area contributed by atoms with Crippen LogP contribution in [0.4, 0.5) is 4.39 Å². The fourth-order valence-corrected chi connectivity index (χ4v) is 1.91. The first-order chi connectivity index (χ1) is 8.54. The van der Waals surface area contributed by atoms with Gasteiger partial charge in [0.15, 0.2) is 0 Å². The van der Waals surface area contributed by atoms with Gasteiger partial charge in [-0.2, -0.15) is 0 Å². The van der Waals surface area contributed by atoms with Gasteiger partial charge in [-0.1, -0.05) is 28.9 Å². The molecule has 0 spiro atoms. The molecule has 0 radical (unpaired) electrons. The molecule has 5 heteroatoms. The number of halogens is 2. The molecule has 1 aromatic carbocycles. The van der Waals surface area contributed by atoms with Crippen molar-refractivity contribution in [2.45, 2.75) is 32.9 Å². The maximum absolute atomic E-state index is 12.9. The summed E-state index contributed by atoms with van der Waals surface area (Å²) < 4.78 is 13.6. The molecule has 100 valence electrons. The van der Waals surface area contributed by atoms with Gasteiger partial charge in [-0.25, -0.2) is 4.39 Å². The maximum Gasteiger partial charge on any atom is 0.236 e. The summed E-state index contributed by atoms with van der Waals surface area (Å²) >= 11 is 3.30. The van der Waals surface area contributed by atoms with Crippen LogP contribution in [0, 0.1) is 5.82 Å². The first-order valence-electron chi connectivity index (χ1n) is 5.99. The van der Waals surface area contributed by atoms with Crippen LogP contribution in [0.5, 0.6) is 0 Å². The minimum absolute atomic E-state index is 0.0184. The fourth-order valence-electron chi connectivity index (χ4n) is 1.42. The molecule has 18 heavy (non-hydrogen) atoms. The van der Waals surface area contributed by atoms with Gasteiger partial charge in [0.1, 0.15) is 5.82 Å². The standard InChI is InChI=1S/C13H18BrFN2O/c1-3-6-16-13(18)9(2)17-8-10-4-5-11(15)7-12(10)14/h4-5,7,9,17H,3,6,8H2,1-2H3,(H,16,18). The number of hydrogen-bond acceptors (Lipinski definition) is 2. The molecule has 0 saturated carbocycles. The van der Waals surface area contributed by atoms with Gasteiger partial charge in [-0.15, -0.1) is 0 Å². The highest BCUT2D eigenvalue weighted by atomic mass is 79.9. The minimum atomic E-state index is -0.278. The van der Waals surface area contributed by atoms with E-state index in [4.69, 9.17) is 0 Å². The molecule has 3 nitrogen and oxygen atoms in total. The van der Waals surface area contributed by atoms with Gasteiger partial charge in [0, 0.05) is 17.6 Å². The van der Waals surface area contributed by atoms with E-state index in [1.165, 1.54) is 12.1 Å². The Morgan fingerprint density at radius 2 is 2.22 bits per heavy atom. The summed E-state index contributed by atoms with van der Waals surface area (Å²) in [4.78, 5) is 11.6. The van der Waals surface area contributed by atoms with E-state index in [9.17, 15) is 9.18 Å². The molecule has 2 N–H and O–H groups in total. The molecule has 0 aliphatic rings. The Kier molecular flexibility index (Phi) is 6.29. The van der Waals surface area contributed by atoms with E-state index in [0.29, 0.717) is 17.6 Å². The Hall–Kier alpha value is -0.940. The summed E-state index contributed by atoms with van der Waals surface area (Å²) in [5, 5.41) is 5.92. The van der Waals surface area contributed by atoms with Gasteiger partial charge in [0.2, 0.25) is 5.91 Å². The Balaban J connectivity index is 2.46. The quantitative estimate of drug-likeness (QED) is 0.847. The van der Waals surface area contributed by atoms with Crippen molar-refractivity contribution in [2.75, 3.05) is 6.54 Å². The first kappa shape index (κ1) is 15.1. The molecule has 1 unspecified atom stereocenters. The van der Waals surface area contributed by atoms with Crippen LogP contribution < -0.4 is 10.6 Å². The molecule has 1 aromatic rings. The van der Waals surface area contributed by atoms with E-state index in [1.54, 1.807) is 6.07 Å². The third kappa shape index (κ3) is 4.74. The van der Waals surface area contributed by atoms with Gasteiger partial charge in [-0.05, 0) is 31.0 Å². The lowest BCUT2D eigenvalue weighted by Gasteiger charge is -2.14. The zero-order valence-corrected chi connectivity index (χ0v) is 12.2. The van der Waals surface area contributed by atoms with Crippen LogP contribution in [-0.4, -0.2) is 18.5 Å². The number of hydrogen-bond donors (Lipinski definition) is 2. The van der Waals surface area contributed by atoms with Crippen molar-refractivity contribution in [3.8, 4) is 0 Å². The highest BCUT2D eigenvalue weighted by Gasteiger charge is 2.11. The number of nitrogens with one attached hydrogen (secondary N) is 2. The van der Waals surface area contributed by atoms with Gasteiger partial charge >= 0.3 is 0 Å². The Morgan fingerprint density at radius 1 is 1.50 bits per heavy atom. The molecule has 0 aromatic heterocycles. The van der Waals surface area contributed by atoms with Crippen LogP contribution in [0.15, 0.2) is 22.7 Å². The average Bonchev–Trinajstić information content (AvgIpc) is 2.34. The topological polar surface area (TPSA) is 41.1 Å². The van der Waals surface area contributed by atoms with Crippen LogP contribution in [0.25, 0.3) is 0 Å². The lowest BCUT2D eigenvalue weighted by molar-refractivity contribution is -0.122. The molecule has 0 saturated heterocycles. The summed E-state index contributed by atoms with van der Waals surface area (Å²) in [6, 6.07) is 4.25. The average molecular weight is 317 g/mol. The maximum atomic E-state index is 12.9. The highest BCUT2D eigenvalue weighted by Crippen LogP contribution is 2.17. The normalized spacial score (nSPS) is 12.2. The van der Waals surface area contributed by atoms with Crippen LogP contribution in [-0.2, 0) is 11.3 Å². The van der Waals surface area contributed by atoms with Gasteiger partial charge < -0.3 is 10.6 Å². The van der Waals surface area contributed by atoms with Crippen LogP contribution >= 0.6 is 15.9 Å². The monoisotopic (exact) mass is 316 g/mol. The second kappa shape index (κ2) is 7.48. The van der Waals surface area contributed by atoms with Crippen molar-refractivity contribution >= 4 is 21.8 Å². The Bertz CT molecular complexity index is 412. The lowest BCUT2D eigenvalue weighted by Crippen LogP contribution is -2.42. The van der Waals surface area contributed by atoms with Gasteiger partial charge in [0.25, 0.3) is 0 Å². The number of amides is 1. The van der Waals surface area contributed by atoms with E-state index < -0.39 is 0 Å². The Morgan fingerprint density at radius 3 is 2.83 bits per heavy atom. The van der Waals surface area contributed by atoms with E-state index >= 15 is 0 Å². The fraction of sp³-hybridized carbons (Fsp3) is 0.462. The smallest absolute Gasteiger partial charge is 0.236 e. The predicted molar refractivity (Wildman–Crippen MR) is 73.7 cm³/mol. The second-order valence-electron chi connectivity index (χ2n) is 4.13. The van der Waals surface area contributed by atoms with Crippen molar-refractivity contribution in [3.63, 3.8) is 0 Å². The molecule has 0 heterocycles. The number of benzene rings is 1. The molecule has 0 fully saturated rings. The van der Waals surface area contributed by atoms with E-state index in [-0.39, 0.29) is 17.8 Å². The van der Waals surface area contributed by atoms with E-state index in [0.717, 1.165) is 12.0 Å². The summed E-state index contributed by atoms with van der Waals surface area (Å²) in [5.41, 5.74) is 0.923. The lowest BCUT2D eigenvalue weighted by atomic mass is 10.2. The van der Waals surface area contributed by atoms with Crippen LogP contribution in [0.2, 0.25) is 0 Å². The molecular weight excluding hydrogens is 299 g/mol. The van der Waals surface area contributed by atoms with Crippen molar-refractivity contribution in [3.05, 3.63) is 34.1 Å². The zero-order valence-electron chi connectivity index (χ0n) is 10.6. The zero-order chi connectivity index (χ0) is 13.5. The van der Waals surface area contributed by atoms with Crippen molar-refractivity contribution < 1.29 is 9.18 Å². The first-order valence-corrected chi connectivity index (χ1v) is 6.79. The SMILES string of the molecule is CCCNC(=O)C(C)NCc1ccc(F)cc1Br. The van der Waals surface area contributed by atoms with Crippen LogP contribution in [0.3, 0.4) is 0 Å². The number of carbonyl (C=O) groups is 1. The highest BCUT2D eigenvalue weighted by molar-refractivity contribution is 9.10. The van der Waals surface area contributed by atoms with Crippen molar-refractivity contribution in [1.82, 2.24) is 10.6 Å². The van der Waals surface area contributed by atoms with Crippen molar-refractivity contribution in [2.24, 2.45) is 0 Å². The van der Waals surface area contributed by atoms with E-state index in [2.05, 4.69) is 26.6 Å². The van der Waals surface area contributed by atoms with Gasteiger partial charge in [0.05, 0.1) is 6.04 Å². The molecule has 0 aliphatic heterocycles. The molecule has 1 amide bonds. The number of carbonyl (C=O) groups excluding carboxylic acids is 1. The summed E-state index contributed by atoms with van der Waals surface area (Å²) in [5.74, 6) is -0.297. The number of rotatable bonds is 6. The summed E-state index contributed by atoms with van der Waals surface area (Å²) in [6.07, 6.45) is 0.919. The van der Waals surface area contributed by atoms with Gasteiger partial charge in [-0.3, -0.25) is 4.79 Å². The van der Waals surface area contributed by atoms with Crippen LogP contribution in [0.1, 0.15) is 25.8 Å². The molecular formula is C13H18BrFN2O. The molecule has 0 aliphatic carbocycles. The minimum Gasteiger partial charge on any atom is -0.355 e. The molecule has 1 rings (SSSR count).